The molecule has 3 amide bonds. The van der Waals surface area contributed by atoms with Crippen molar-refractivity contribution >= 4 is 29.1 Å². The van der Waals surface area contributed by atoms with Crippen LogP contribution in [0.15, 0.2) is 17.5 Å². The number of thiophene rings is 1. The Morgan fingerprint density at radius 1 is 1.23 bits per heavy atom. The number of hydrogen-bond acceptors (Lipinski definition) is 5. The van der Waals surface area contributed by atoms with Gasteiger partial charge in [0.15, 0.2) is 0 Å². The Morgan fingerprint density at radius 2 is 2.00 bits per heavy atom. The highest BCUT2D eigenvalue weighted by Crippen LogP contribution is 2.20. The predicted molar refractivity (Wildman–Crippen MR) is 98.0 cm³/mol. The van der Waals surface area contributed by atoms with E-state index in [9.17, 15) is 14.4 Å². The fourth-order valence-electron chi connectivity index (χ4n) is 3.43. The predicted octanol–water partition coefficient (Wildman–Crippen LogP) is 0.964. The molecule has 2 atom stereocenters. The van der Waals surface area contributed by atoms with Gasteiger partial charge in [0.05, 0.1) is 24.0 Å². The van der Waals surface area contributed by atoms with Gasteiger partial charge in [-0.25, -0.2) is 0 Å². The van der Waals surface area contributed by atoms with Crippen LogP contribution in [-0.2, 0) is 14.3 Å². The number of morpholine rings is 1. The summed E-state index contributed by atoms with van der Waals surface area (Å²) >= 11 is 1.34. The smallest absolute Gasteiger partial charge is 0.261 e. The van der Waals surface area contributed by atoms with E-state index in [2.05, 4.69) is 5.32 Å². The maximum atomic E-state index is 12.7. The molecule has 8 heteroatoms. The molecule has 7 nitrogen and oxygen atoms in total. The van der Waals surface area contributed by atoms with Crippen LogP contribution in [0.2, 0.25) is 0 Å². The first kappa shape index (κ1) is 18.8. The lowest BCUT2D eigenvalue weighted by Gasteiger charge is -2.37. The molecule has 26 heavy (non-hydrogen) atoms. The van der Waals surface area contributed by atoms with Gasteiger partial charge in [0, 0.05) is 26.2 Å². The van der Waals surface area contributed by atoms with Crippen LogP contribution >= 0.6 is 11.3 Å². The quantitative estimate of drug-likeness (QED) is 0.845. The van der Waals surface area contributed by atoms with E-state index in [1.807, 2.05) is 10.3 Å². The highest BCUT2D eigenvalue weighted by Gasteiger charge is 2.33. The van der Waals surface area contributed by atoms with E-state index in [1.54, 1.807) is 24.0 Å². The lowest BCUT2D eigenvalue weighted by Crippen LogP contribution is -2.53. The molecule has 2 saturated heterocycles. The van der Waals surface area contributed by atoms with Crippen molar-refractivity contribution < 1.29 is 19.1 Å². The van der Waals surface area contributed by atoms with Crippen LogP contribution in [0.25, 0.3) is 0 Å². The standard InChI is InChI=1S/C18H25N3O4S/c1-13(19-16(22)15-5-3-11-26-15)17(23)21-6-2-4-14(12-21)18(24)20-7-9-25-10-8-20/h3,5,11,13-14H,2,4,6-10,12H2,1H3,(H,19,22)/t13-,14-/m0/s1. The number of ether oxygens (including phenoxy) is 1. The average Bonchev–Trinajstić information content (AvgIpc) is 3.22. The summed E-state index contributed by atoms with van der Waals surface area (Å²) in [4.78, 5) is 41.7. The minimum Gasteiger partial charge on any atom is -0.378 e. The zero-order valence-corrected chi connectivity index (χ0v) is 15.8. The Bertz CT molecular complexity index is 643. The zero-order valence-electron chi connectivity index (χ0n) is 15.0. The van der Waals surface area contributed by atoms with Crippen molar-refractivity contribution in [3.05, 3.63) is 22.4 Å². The number of likely N-dealkylation sites (tertiary alicyclic amines) is 1. The molecule has 0 unspecified atom stereocenters. The highest BCUT2D eigenvalue weighted by atomic mass is 32.1. The number of hydrogen-bond donors (Lipinski definition) is 1. The molecule has 1 N–H and O–H groups in total. The Morgan fingerprint density at radius 3 is 2.69 bits per heavy atom. The molecule has 0 spiro atoms. The second kappa shape index (κ2) is 8.64. The van der Waals surface area contributed by atoms with Gasteiger partial charge in [-0.2, -0.15) is 0 Å². The summed E-state index contributed by atoms with van der Waals surface area (Å²) in [5.74, 6) is -0.416. The van der Waals surface area contributed by atoms with E-state index in [0.29, 0.717) is 44.3 Å². The molecule has 0 radical (unpaired) electrons. The largest absolute Gasteiger partial charge is 0.378 e. The molecule has 2 aliphatic heterocycles. The summed E-state index contributed by atoms with van der Waals surface area (Å²) < 4.78 is 5.30. The molecule has 142 valence electrons. The van der Waals surface area contributed by atoms with Gasteiger partial charge in [0.1, 0.15) is 6.04 Å². The molecule has 1 aromatic heterocycles. The minimum atomic E-state index is -0.609. The molecule has 0 bridgehead atoms. The van der Waals surface area contributed by atoms with E-state index in [4.69, 9.17) is 4.74 Å². The topological polar surface area (TPSA) is 79.0 Å². The van der Waals surface area contributed by atoms with Crippen LogP contribution < -0.4 is 5.32 Å². The highest BCUT2D eigenvalue weighted by molar-refractivity contribution is 7.12. The van der Waals surface area contributed by atoms with Gasteiger partial charge in [-0.3, -0.25) is 14.4 Å². The van der Waals surface area contributed by atoms with Gasteiger partial charge in [0.25, 0.3) is 5.91 Å². The molecule has 0 saturated carbocycles. The van der Waals surface area contributed by atoms with Crippen molar-refractivity contribution in [3.8, 4) is 0 Å². The van der Waals surface area contributed by atoms with Gasteiger partial charge in [-0.15, -0.1) is 11.3 Å². The third-order valence-electron chi connectivity index (χ3n) is 4.87. The second-order valence-electron chi connectivity index (χ2n) is 6.73. The minimum absolute atomic E-state index is 0.112. The number of carbonyl (C=O) groups excluding carboxylic acids is 3. The van der Waals surface area contributed by atoms with Gasteiger partial charge in [0.2, 0.25) is 11.8 Å². The Kier molecular flexibility index (Phi) is 6.26. The summed E-state index contributed by atoms with van der Waals surface area (Å²) in [6, 6.07) is 2.93. The van der Waals surface area contributed by atoms with Crippen LogP contribution in [0.4, 0.5) is 0 Å². The number of nitrogens with zero attached hydrogens (tertiary/aromatic N) is 2. The first-order valence-electron chi connectivity index (χ1n) is 9.06. The molecule has 0 aromatic carbocycles. The molecule has 0 aliphatic carbocycles. The lowest BCUT2D eigenvalue weighted by molar-refractivity contribution is -0.144. The van der Waals surface area contributed by atoms with Crippen molar-refractivity contribution in [1.29, 1.82) is 0 Å². The van der Waals surface area contributed by atoms with Crippen molar-refractivity contribution in [2.45, 2.75) is 25.8 Å². The van der Waals surface area contributed by atoms with Crippen molar-refractivity contribution in [2.75, 3.05) is 39.4 Å². The Balaban J connectivity index is 1.55. The van der Waals surface area contributed by atoms with Crippen molar-refractivity contribution in [1.82, 2.24) is 15.1 Å². The van der Waals surface area contributed by atoms with E-state index in [1.165, 1.54) is 11.3 Å². The summed E-state index contributed by atoms with van der Waals surface area (Å²) in [5.41, 5.74) is 0. The monoisotopic (exact) mass is 379 g/mol. The first-order valence-corrected chi connectivity index (χ1v) is 9.94. The molecule has 3 rings (SSSR count). The first-order chi connectivity index (χ1) is 12.6. The molecule has 1 aromatic rings. The van der Waals surface area contributed by atoms with Crippen molar-refractivity contribution in [3.63, 3.8) is 0 Å². The number of amides is 3. The number of carbonyl (C=O) groups is 3. The number of nitrogens with one attached hydrogen (secondary N) is 1. The van der Waals surface area contributed by atoms with Gasteiger partial charge >= 0.3 is 0 Å². The summed E-state index contributed by atoms with van der Waals surface area (Å²) in [5, 5.41) is 4.58. The average molecular weight is 379 g/mol. The van der Waals surface area contributed by atoms with Crippen LogP contribution in [-0.4, -0.2) is 73.0 Å². The lowest BCUT2D eigenvalue weighted by atomic mass is 9.95. The summed E-state index contributed by atoms with van der Waals surface area (Å²) in [6.07, 6.45) is 1.61. The molecule has 2 aliphatic rings. The fraction of sp³-hybridized carbons (Fsp3) is 0.611. The van der Waals surface area contributed by atoms with Gasteiger partial charge in [-0.1, -0.05) is 6.07 Å². The van der Waals surface area contributed by atoms with Crippen LogP contribution in [0.5, 0.6) is 0 Å². The maximum absolute atomic E-state index is 12.7. The van der Waals surface area contributed by atoms with Crippen LogP contribution in [0, 0.1) is 5.92 Å². The Labute approximate surface area is 157 Å². The van der Waals surface area contributed by atoms with Crippen molar-refractivity contribution in [2.24, 2.45) is 5.92 Å². The third-order valence-corrected chi connectivity index (χ3v) is 5.74. The van der Waals surface area contributed by atoms with E-state index < -0.39 is 6.04 Å². The molecular formula is C18H25N3O4S. The van der Waals surface area contributed by atoms with Gasteiger partial charge < -0.3 is 19.9 Å². The number of piperidine rings is 1. The Hall–Kier alpha value is -1.93. The van der Waals surface area contributed by atoms with E-state index in [-0.39, 0.29) is 23.6 Å². The van der Waals surface area contributed by atoms with E-state index in [0.717, 1.165) is 12.8 Å². The summed E-state index contributed by atoms with van der Waals surface area (Å²) in [7, 11) is 0. The molecule has 3 heterocycles. The zero-order chi connectivity index (χ0) is 18.5. The maximum Gasteiger partial charge on any atom is 0.261 e. The SMILES string of the molecule is C[C@H](NC(=O)c1cccs1)C(=O)N1CCC[C@H](C(=O)N2CCOCC2)C1. The normalized spacial score (nSPS) is 22.0. The second-order valence-corrected chi connectivity index (χ2v) is 7.68. The summed E-state index contributed by atoms with van der Waals surface area (Å²) in [6.45, 7) is 5.15. The van der Waals surface area contributed by atoms with Gasteiger partial charge in [-0.05, 0) is 31.2 Å². The van der Waals surface area contributed by atoms with Crippen LogP contribution in [0.1, 0.15) is 29.4 Å². The molecular weight excluding hydrogens is 354 g/mol. The molecule has 2 fully saturated rings. The third kappa shape index (κ3) is 4.42. The van der Waals surface area contributed by atoms with E-state index >= 15 is 0 Å². The fourth-order valence-corrected chi connectivity index (χ4v) is 4.06. The number of rotatable bonds is 4. The van der Waals surface area contributed by atoms with Crippen LogP contribution in [0.3, 0.4) is 0 Å².